The molecule has 0 fully saturated rings. The molecule has 0 aliphatic carbocycles. The molecular weight excluding hydrogens is 176 g/mol. The van der Waals surface area contributed by atoms with Gasteiger partial charge in [0, 0.05) is 0 Å². The third kappa shape index (κ3) is 1.54. The Morgan fingerprint density at radius 1 is 1.31 bits per heavy atom. The molecule has 0 radical (unpaired) electrons. The molecule has 1 aromatic rings. The van der Waals surface area contributed by atoms with Crippen molar-refractivity contribution in [1.82, 2.24) is 9.78 Å². The van der Waals surface area contributed by atoms with Crippen LogP contribution in [0.5, 0.6) is 0 Å². The van der Waals surface area contributed by atoms with Gasteiger partial charge in [-0.25, -0.2) is 4.68 Å². The van der Waals surface area contributed by atoms with Crippen LogP contribution < -0.4 is 22.6 Å². The topological polar surface area (TPSA) is 127 Å². The van der Waals surface area contributed by atoms with Crippen LogP contribution in [0.1, 0.15) is 0 Å². The number of hydrogen-bond acceptors (Lipinski definition) is 5. The minimum Gasteiger partial charge on any atom is -0.394 e. The van der Waals surface area contributed by atoms with Gasteiger partial charge in [-0.2, -0.15) is 0 Å². The first-order valence-corrected chi connectivity index (χ1v) is 3.57. The molecular formula is C6H10N4O3. The highest BCUT2D eigenvalue weighted by Crippen LogP contribution is 1.97. The predicted molar refractivity (Wildman–Crippen MR) is 47.2 cm³/mol. The first kappa shape index (κ1) is 9.33. The Hall–Kier alpha value is -1.76. The van der Waals surface area contributed by atoms with Crippen molar-refractivity contribution in [3.05, 3.63) is 20.7 Å². The molecule has 7 nitrogen and oxygen atoms in total. The Morgan fingerprint density at radius 3 is 2.46 bits per heavy atom. The highest BCUT2D eigenvalue weighted by atomic mass is 16.3. The van der Waals surface area contributed by atoms with Gasteiger partial charge in [0.2, 0.25) is 0 Å². The van der Waals surface area contributed by atoms with E-state index in [4.69, 9.17) is 16.6 Å². The van der Waals surface area contributed by atoms with Crippen molar-refractivity contribution in [3.63, 3.8) is 0 Å². The van der Waals surface area contributed by atoms with Gasteiger partial charge in [-0.05, 0) is 0 Å². The summed E-state index contributed by atoms with van der Waals surface area (Å²) in [6, 6.07) is 0. The summed E-state index contributed by atoms with van der Waals surface area (Å²) in [5, 5.41) is 10.7. The van der Waals surface area contributed by atoms with E-state index in [9.17, 15) is 9.59 Å². The van der Waals surface area contributed by atoms with Crippen LogP contribution in [0.2, 0.25) is 0 Å². The van der Waals surface area contributed by atoms with Crippen molar-refractivity contribution < 1.29 is 5.11 Å². The number of aromatic amines is 1. The lowest BCUT2D eigenvalue weighted by Crippen LogP contribution is -2.34. The number of aliphatic hydroxyl groups is 1. The van der Waals surface area contributed by atoms with Gasteiger partial charge in [-0.15, -0.1) is 0 Å². The van der Waals surface area contributed by atoms with E-state index in [0.717, 1.165) is 4.68 Å². The molecule has 1 rings (SSSR count). The number of nitrogens with two attached hydrogens (primary N) is 2. The third-order valence-corrected chi connectivity index (χ3v) is 1.57. The highest BCUT2D eigenvalue weighted by Gasteiger charge is 2.07. The molecule has 1 aromatic heterocycles. The van der Waals surface area contributed by atoms with Crippen LogP contribution >= 0.6 is 0 Å². The fraction of sp³-hybridized carbons (Fsp3) is 0.333. The number of nitrogens with one attached hydrogen (secondary N) is 1. The van der Waals surface area contributed by atoms with Crippen molar-refractivity contribution in [3.8, 4) is 0 Å². The second-order valence-corrected chi connectivity index (χ2v) is 2.45. The lowest BCUT2D eigenvalue weighted by Gasteiger charge is -2.04. The maximum Gasteiger partial charge on any atom is 0.290 e. The fourth-order valence-electron chi connectivity index (χ4n) is 0.874. The number of hydrogen-bond donors (Lipinski definition) is 4. The maximum atomic E-state index is 11.2. The summed E-state index contributed by atoms with van der Waals surface area (Å²) in [5.41, 5.74) is 8.63. The molecule has 72 valence electrons. The van der Waals surface area contributed by atoms with E-state index in [2.05, 4.69) is 5.10 Å². The van der Waals surface area contributed by atoms with Crippen LogP contribution in [-0.2, 0) is 6.54 Å². The van der Waals surface area contributed by atoms with Gasteiger partial charge < -0.3 is 16.6 Å². The number of nitrogen functional groups attached to an aromatic ring is 2. The number of H-pyrrole nitrogens is 1. The summed E-state index contributed by atoms with van der Waals surface area (Å²) in [4.78, 5) is 22.2. The number of anilines is 2. The number of aromatic nitrogens is 2. The number of rotatable bonds is 2. The highest BCUT2D eigenvalue weighted by molar-refractivity contribution is 5.59. The molecule has 0 bridgehead atoms. The van der Waals surface area contributed by atoms with Crippen molar-refractivity contribution in [2.45, 2.75) is 6.54 Å². The van der Waals surface area contributed by atoms with Crippen molar-refractivity contribution in [1.29, 1.82) is 0 Å². The van der Waals surface area contributed by atoms with Crippen molar-refractivity contribution >= 4 is 11.4 Å². The molecule has 0 saturated heterocycles. The lowest BCUT2D eigenvalue weighted by atomic mass is 10.4. The van der Waals surface area contributed by atoms with Crippen molar-refractivity contribution in [2.75, 3.05) is 18.1 Å². The molecule has 1 heterocycles. The number of aliphatic hydroxyl groups excluding tert-OH is 1. The van der Waals surface area contributed by atoms with E-state index in [-0.39, 0.29) is 24.5 Å². The van der Waals surface area contributed by atoms with Gasteiger partial charge in [0.1, 0.15) is 11.4 Å². The minimum atomic E-state index is -0.634. The largest absolute Gasteiger partial charge is 0.394 e. The van der Waals surface area contributed by atoms with E-state index >= 15 is 0 Å². The van der Waals surface area contributed by atoms with Gasteiger partial charge in [0.05, 0.1) is 13.2 Å². The zero-order chi connectivity index (χ0) is 10.0. The molecule has 0 aliphatic rings. The van der Waals surface area contributed by atoms with Crippen molar-refractivity contribution in [2.24, 2.45) is 0 Å². The maximum absolute atomic E-state index is 11.2. The fourth-order valence-corrected chi connectivity index (χ4v) is 0.874. The Morgan fingerprint density at radius 2 is 1.92 bits per heavy atom. The Labute approximate surface area is 72.6 Å². The van der Waals surface area contributed by atoms with Gasteiger partial charge >= 0.3 is 0 Å². The van der Waals surface area contributed by atoms with E-state index in [1.807, 2.05) is 0 Å². The van der Waals surface area contributed by atoms with Crippen LogP contribution in [0.25, 0.3) is 0 Å². The Kier molecular flexibility index (Phi) is 2.38. The molecule has 0 aromatic carbocycles. The molecule has 0 atom stereocenters. The molecule has 0 aliphatic heterocycles. The van der Waals surface area contributed by atoms with Gasteiger partial charge in [-0.1, -0.05) is 0 Å². The van der Waals surface area contributed by atoms with E-state index in [0.29, 0.717) is 0 Å². The van der Waals surface area contributed by atoms with Gasteiger partial charge in [0.25, 0.3) is 11.1 Å². The summed E-state index contributed by atoms with van der Waals surface area (Å²) >= 11 is 0. The van der Waals surface area contributed by atoms with E-state index in [1.165, 1.54) is 0 Å². The van der Waals surface area contributed by atoms with Crippen LogP contribution in [0.15, 0.2) is 9.59 Å². The minimum absolute atomic E-state index is 0.0153. The summed E-state index contributed by atoms with van der Waals surface area (Å²) in [6.07, 6.45) is 0. The first-order chi connectivity index (χ1) is 6.07. The second-order valence-electron chi connectivity index (χ2n) is 2.45. The normalized spacial score (nSPS) is 10.2. The van der Waals surface area contributed by atoms with E-state index in [1.54, 1.807) is 0 Å². The Balaban J connectivity index is 3.42. The molecule has 0 saturated carbocycles. The monoisotopic (exact) mass is 186 g/mol. The van der Waals surface area contributed by atoms with Gasteiger partial charge in [0.15, 0.2) is 0 Å². The second kappa shape index (κ2) is 3.31. The molecule has 0 amide bonds. The predicted octanol–water partition coefficient (Wildman–Crippen LogP) is -2.31. The number of nitrogens with zero attached hydrogens (tertiary/aromatic N) is 1. The standard InChI is InChI=1S/C6H10N4O3/c7-3-4(8)6(13)10(1-2-11)9-5(3)12/h11H,1-2,7-8H2,(H,9,12). The zero-order valence-corrected chi connectivity index (χ0v) is 6.78. The van der Waals surface area contributed by atoms with Crippen LogP contribution in [0.3, 0.4) is 0 Å². The summed E-state index contributed by atoms with van der Waals surface area (Å²) in [5.74, 6) is 0. The summed E-state index contributed by atoms with van der Waals surface area (Å²) in [6.45, 7) is -0.280. The Bertz CT molecular complexity index is 419. The van der Waals surface area contributed by atoms with E-state index < -0.39 is 11.1 Å². The molecule has 13 heavy (non-hydrogen) atoms. The molecule has 7 heteroatoms. The third-order valence-electron chi connectivity index (χ3n) is 1.57. The van der Waals surface area contributed by atoms with Gasteiger partial charge in [-0.3, -0.25) is 14.7 Å². The smallest absolute Gasteiger partial charge is 0.290 e. The molecule has 6 N–H and O–H groups in total. The van der Waals surface area contributed by atoms with Crippen LogP contribution in [-0.4, -0.2) is 21.5 Å². The average Bonchev–Trinajstić information content (AvgIpc) is 2.11. The summed E-state index contributed by atoms with van der Waals surface area (Å²) < 4.78 is 0.911. The van der Waals surface area contributed by atoms with Crippen LogP contribution in [0, 0.1) is 0 Å². The average molecular weight is 186 g/mol. The SMILES string of the molecule is Nc1c(N)c(=O)n(CCO)[nH]c1=O. The lowest BCUT2D eigenvalue weighted by molar-refractivity contribution is 0.266. The van der Waals surface area contributed by atoms with Crippen LogP contribution in [0.4, 0.5) is 11.4 Å². The molecule has 0 unspecified atom stereocenters. The molecule has 0 spiro atoms. The zero-order valence-electron chi connectivity index (χ0n) is 6.78. The quantitative estimate of drug-likeness (QED) is 0.412. The summed E-state index contributed by atoms with van der Waals surface area (Å²) in [7, 11) is 0. The first-order valence-electron chi connectivity index (χ1n) is 3.57.